The second-order valence-electron chi connectivity index (χ2n) is 16.7. The van der Waals surface area contributed by atoms with Crippen LogP contribution in [0.15, 0.2) is 36.4 Å². The van der Waals surface area contributed by atoms with Gasteiger partial charge in [-0.2, -0.15) is 8.78 Å². The molecule has 3 aliphatic carbocycles. The Morgan fingerprint density at radius 3 is 2.31 bits per heavy atom. The van der Waals surface area contributed by atoms with E-state index in [9.17, 15) is 36.4 Å². The predicted molar refractivity (Wildman–Crippen MR) is 197 cm³/mol. The molecule has 4 amide bonds. The number of alkyl halides is 4. The molecule has 7 atom stereocenters. The Hall–Kier alpha value is -4.59. The molecule has 2 bridgehead atoms. The number of alkyl carbamates (subject to hydrolysis) is 1. The van der Waals surface area contributed by atoms with Crippen molar-refractivity contribution < 1.29 is 59.4 Å². The van der Waals surface area contributed by atoms with Gasteiger partial charge in [0.15, 0.2) is 5.69 Å². The van der Waals surface area contributed by atoms with Crippen LogP contribution in [0, 0.1) is 11.3 Å². The van der Waals surface area contributed by atoms with Crippen molar-refractivity contribution in [1.29, 1.82) is 0 Å². The number of sulfonamides is 1. The summed E-state index contributed by atoms with van der Waals surface area (Å²) < 4.78 is 105. The summed E-state index contributed by atoms with van der Waals surface area (Å²) in [6.45, 7) is 4.25. The van der Waals surface area contributed by atoms with Crippen LogP contribution in [0.4, 0.5) is 22.4 Å². The number of halogens is 4. The molecule has 15 nitrogen and oxygen atoms in total. The summed E-state index contributed by atoms with van der Waals surface area (Å²) in [5.41, 5.74) is -3.89. The number of aromatic nitrogens is 2. The fraction of sp³-hybridized carbons (Fsp3) is 0.632. The summed E-state index contributed by atoms with van der Waals surface area (Å²) in [7, 11) is -4.21. The van der Waals surface area contributed by atoms with Gasteiger partial charge in [-0.05, 0) is 62.1 Å². The van der Waals surface area contributed by atoms with E-state index >= 15 is 8.78 Å². The van der Waals surface area contributed by atoms with Gasteiger partial charge >= 0.3 is 12.0 Å². The average Bonchev–Trinajstić information content (AvgIpc) is 4.08. The van der Waals surface area contributed by atoms with E-state index in [0.29, 0.717) is 25.3 Å². The van der Waals surface area contributed by atoms with Gasteiger partial charge in [0.25, 0.3) is 5.91 Å². The standard InChI is InChI=1S/C38H46F4N6O9S/c1-36(2,3)29-33(50)48-19-20(17-25(48)31(49)46-37(18-22(37)30(39)40)34(51)47-58(53,54)21-13-14-21)56-32-28(43-23-9-4-5-10-24(23)44-32)38(41,42)15-8-16-55-26-11-6-7-12-27(26)57-35(52)45-29/h4-5,8-10,15,20-22,25-27,29-30H,6-7,11-14,16-19H2,1-3H3,(H,45,52)(H,46,49)(H,47,51)/b15-8+/t20-,22+,25+,26-,27-,29-,37-/m1/s1. The van der Waals surface area contributed by atoms with Crippen LogP contribution >= 0.6 is 0 Å². The molecule has 0 unspecified atom stereocenters. The summed E-state index contributed by atoms with van der Waals surface area (Å²) in [5, 5.41) is 4.08. The van der Waals surface area contributed by atoms with E-state index in [4.69, 9.17) is 14.2 Å². The third kappa shape index (κ3) is 8.58. The topological polar surface area (TPSA) is 195 Å². The van der Waals surface area contributed by atoms with Gasteiger partial charge in [-0.25, -0.2) is 32.0 Å². The zero-order valence-corrected chi connectivity index (χ0v) is 32.9. The number of hydrogen-bond donors (Lipinski definition) is 3. The van der Waals surface area contributed by atoms with Crippen LogP contribution in [0.5, 0.6) is 5.88 Å². The van der Waals surface area contributed by atoms with Gasteiger partial charge < -0.3 is 29.7 Å². The molecule has 3 saturated carbocycles. The minimum absolute atomic E-state index is 0.132. The van der Waals surface area contributed by atoms with Crippen LogP contribution in [0.1, 0.15) is 77.8 Å². The second kappa shape index (κ2) is 15.5. The Labute approximate surface area is 332 Å². The number of para-hydroxylation sites is 2. The molecule has 2 aliphatic heterocycles. The van der Waals surface area contributed by atoms with Gasteiger partial charge in [-0.3, -0.25) is 19.1 Å². The lowest BCUT2D eigenvalue weighted by molar-refractivity contribution is -0.143. The second-order valence-corrected chi connectivity index (χ2v) is 18.7. The predicted octanol–water partition coefficient (Wildman–Crippen LogP) is 3.86. The molecule has 7 rings (SSSR count). The van der Waals surface area contributed by atoms with Crippen LogP contribution in [-0.2, 0) is 39.8 Å². The van der Waals surface area contributed by atoms with Crippen molar-refractivity contribution in [2.75, 3.05) is 13.2 Å². The summed E-state index contributed by atoms with van der Waals surface area (Å²) in [6.07, 6.45) is -3.18. The Morgan fingerprint density at radius 1 is 1.00 bits per heavy atom. The molecule has 0 spiro atoms. The van der Waals surface area contributed by atoms with Crippen LogP contribution in [0.3, 0.4) is 0 Å². The molecule has 58 heavy (non-hydrogen) atoms. The van der Waals surface area contributed by atoms with Gasteiger partial charge in [0.2, 0.25) is 34.1 Å². The monoisotopic (exact) mass is 838 g/mol. The van der Waals surface area contributed by atoms with E-state index in [1.807, 2.05) is 4.72 Å². The maximum absolute atomic E-state index is 16.1. The van der Waals surface area contributed by atoms with Crippen LogP contribution in [0.25, 0.3) is 11.0 Å². The number of carbonyl (C=O) groups excluding carboxylic acids is 4. The SMILES string of the molecule is CC(C)(C)[C@@H]1NC(=O)O[C@@H]2CCCC[C@H]2OC/C=C/C(F)(F)c2nc3ccccc3nc2O[C@@H]2C[C@@H](C(=O)N[C@]3(C(=O)NS(=O)(=O)C4CC4)C[C@H]3C(F)F)N(C2)C1=O. The van der Waals surface area contributed by atoms with Crippen molar-refractivity contribution in [1.82, 2.24) is 30.2 Å². The molecule has 20 heteroatoms. The maximum atomic E-state index is 16.1. The molecule has 1 saturated heterocycles. The lowest BCUT2D eigenvalue weighted by Gasteiger charge is -2.36. The fourth-order valence-electron chi connectivity index (χ4n) is 7.80. The van der Waals surface area contributed by atoms with Crippen molar-refractivity contribution in [3.8, 4) is 5.88 Å². The van der Waals surface area contributed by atoms with Crippen LogP contribution in [-0.4, -0.2) is 108 Å². The maximum Gasteiger partial charge on any atom is 0.408 e. The zero-order valence-electron chi connectivity index (χ0n) is 32.1. The summed E-state index contributed by atoms with van der Waals surface area (Å²) in [4.78, 5) is 65.3. The molecule has 1 aromatic heterocycles. The highest BCUT2D eigenvalue weighted by Gasteiger charge is 2.67. The van der Waals surface area contributed by atoms with Gasteiger partial charge in [0.1, 0.15) is 29.8 Å². The molecular formula is C38H46F4N6O9S. The Morgan fingerprint density at radius 2 is 1.67 bits per heavy atom. The van der Waals surface area contributed by atoms with Crippen molar-refractivity contribution in [3.05, 3.63) is 42.1 Å². The minimum atomic E-state index is -4.21. The first kappa shape index (κ1) is 41.6. The first-order chi connectivity index (χ1) is 27.3. The van der Waals surface area contributed by atoms with Crippen molar-refractivity contribution in [2.24, 2.45) is 11.3 Å². The average molecular weight is 839 g/mol. The number of nitrogens with zero attached hydrogens (tertiary/aromatic N) is 3. The molecule has 4 fully saturated rings. The largest absolute Gasteiger partial charge is 0.471 e. The van der Waals surface area contributed by atoms with Crippen LogP contribution in [0.2, 0.25) is 0 Å². The first-order valence-corrected chi connectivity index (χ1v) is 20.9. The number of rotatable bonds is 6. The van der Waals surface area contributed by atoms with Crippen LogP contribution < -0.4 is 20.1 Å². The molecule has 1 aromatic carbocycles. The molecular weight excluding hydrogens is 793 g/mol. The number of benzene rings is 1. The Bertz CT molecular complexity index is 2100. The highest BCUT2D eigenvalue weighted by Crippen LogP contribution is 2.48. The molecule has 2 aromatic rings. The normalized spacial score (nSPS) is 31.1. The third-order valence-electron chi connectivity index (χ3n) is 11.3. The van der Waals surface area contributed by atoms with E-state index in [-0.39, 0.29) is 30.5 Å². The van der Waals surface area contributed by atoms with E-state index < -0.39 is 130 Å². The molecule has 0 radical (unpaired) electrons. The molecule has 3 N–H and O–H groups in total. The van der Waals surface area contributed by atoms with E-state index in [0.717, 1.165) is 17.4 Å². The van der Waals surface area contributed by atoms with Gasteiger partial charge in [-0.15, -0.1) is 0 Å². The summed E-state index contributed by atoms with van der Waals surface area (Å²) >= 11 is 0. The number of hydrogen-bond acceptors (Lipinski definition) is 11. The lowest BCUT2D eigenvalue weighted by Crippen LogP contribution is -2.60. The lowest BCUT2D eigenvalue weighted by atomic mass is 9.85. The number of fused-ring (bicyclic) bond motifs is 5. The number of amides is 4. The smallest absolute Gasteiger partial charge is 0.408 e. The van der Waals surface area contributed by atoms with E-state index in [2.05, 4.69) is 20.6 Å². The van der Waals surface area contributed by atoms with Gasteiger partial charge in [0.05, 0.1) is 41.5 Å². The van der Waals surface area contributed by atoms with E-state index in [1.165, 1.54) is 12.1 Å². The molecule has 3 heterocycles. The highest BCUT2D eigenvalue weighted by atomic mass is 32.2. The highest BCUT2D eigenvalue weighted by molar-refractivity contribution is 7.91. The van der Waals surface area contributed by atoms with Gasteiger partial charge in [0, 0.05) is 6.42 Å². The number of carbonyl (C=O) groups is 4. The van der Waals surface area contributed by atoms with E-state index in [1.54, 1.807) is 32.9 Å². The zero-order chi connectivity index (χ0) is 41.8. The third-order valence-corrected chi connectivity index (χ3v) is 13.1. The summed E-state index contributed by atoms with van der Waals surface area (Å²) in [5.74, 6) is -9.40. The molecule has 5 aliphatic rings. The number of ether oxygens (including phenoxy) is 3. The quantitative estimate of drug-likeness (QED) is 0.283. The Kier molecular flexibility index (Phi) is 11.1. The molecule has 316 valence electrons. The fourth-order valence-corrected chi connectivity index (χ4v) is 9.16. The van der Waals surface area contributed by atoms with Crippen molar-refractivity contribution in [3.63, 3.8) is 0 Å². The van der Waals surface area contributed by atoms with Gasteiger partial charge in [-0.1, -0.05) is 45.4 Å². The van der Waals surface area contributed by atoms with Crippen molar-refractivity contribution >= 4 is 44.9 Å². The number of nitrogens with one attached hydrogen (secondary N) is 3. The first-order valence-electron chi connectivity index (χ1n) is 19.3. The summed E-state index contributed by atoms with van der Waals surface area (Å²) in [6, 6.07) is 3.28. The van der Waals surface area contributed by atoms with Crippen molar-refractivity contribution in [2.45, 2.75) is 126 Å². The Balaban J connectivity index is 1.26. The minimum Gasteiger partial charge on any atom is -0.471 e. The number of allylic oxidation sites excluding steroid dienone is 1.